The van der Waals surface area contributed by atoms with Gasteiger partial charge in [-0.05, 0) is 67.9 Å². The number of carbonyl (C=O) groups excluding carboxylic acids is 2. The second-order valence-corrected chi connectivity index (χ2v) is 8.02. The van der Waals surface area contributed by atoms with Gasteiger partial charge in [0.2, 0.25) is 0 Å². The average Bonchev–Trinajstić information content (AvgIpc) is 3.43. The van der Waals surface area contributed by atoms with Crippen molar-refractivity contribution >= 4 is 29.1 Å². The molecule has 3 aromatic rings. The Labute approximate surface area is 202 Å². The highest BCUT2D eigenvalue weighted by Crippen LogP contribution is 2.42. The third-order valence-electron chi connectivity index (χ3n) is 5.45. The number of halogens is 1. The molecule has 0 radical (unpaired) electrons. The monoisotopic (exact) mass is 481 g/mol. The van der Waals surface area contributed by atoms with E-state index in [2.05, 4.69) is 0 Å². The first-order valence-electron chi connectivity index (χ1n) is 10.9. The molecule has 1 atom stereocenters. The molecular formula is C26H24ClNO6. The van der Waals surface area contributed by atoms with Crippen LogP contribution >= 0.6 is 11.6 Å². The lowest BCUT2D eigenvalue weighted by atomic mass is 9.95. The zero-order chi connectivity index (χ0) is 24.2. The number of amides is 1. The Bertz CT molecular complexity index is 1220. The van der Waals surface area contributed by atoms with Crippen molar-refractivity contribution in [2.45, 2.75) is 26.4 Å². The maximum atomic E-state index is 13.2. The number of Topliss-reactive ketones (excluding diaryl/α,β-unsaturated/α-hetero) is 1. The second kappa shape index (κ2) is 10.1. The molecule has 1 unspecified atom stereocenters. The Hall–Kier alpha value is -3.71. The van der Waals surface area contributed by atoms with Gasteiger partial charge in [-0.1, -0.05) is 17.7 Å². The van der Waals surface area contributed by atoms with Gasteiger partial charge in [-0.2, -0.15) is 0 Å². The maximum Gasteiger partial charge on any atom is 0.296 e. The van der Waals surface area contributed by atoms with Crippen molar-refractivity contribution in [1.82, 2.24) is 4.90 Å². The summed E-state index contributed by atoms with van der Waals surface area (Å²) in [6.45, 7) is 4.63. The molecule has 7 nitrogen and oxygen atoms in total. The van der Waals surface area contributed by atoms with E-state index in [-0.39, 0.29) is 17.9 Å². The minimum atomic E-state index is -0.865. The predicted molar refractivity (Wildman–Crippen MR) is 127 cm³/mol. The first-order chi connectivity index (χ1) is 16.4. The molecule has 8 heteroatoms. The Balaban J connectivity index is 1.87. The molecule has 1 aromatic heterocycles. The van der Waals surface area contributed by atoms with Crippen LogP contribution in [0.1, 0.15) is 36.8 Å². The van der Waals surface area contributed by atoms with Crippen LogP contribution in [-0.4, -0.2) is 34.9 Å². The molecule has 1 aliphatic rings. The lowest BCUT2D eigenvalue weighted by molar-refractivity contribution is -0.140. The number of aliphatic hydroxyl groups is 1. The van der Waals surface area contributed by atoms with Gasteiger partial charge in [0.25, 0.3) is 11.7 Å². The Morgan fingerprint density at radius 2 is 1.74 bits per heavy atom. The number of aliphatic hydroxyl groups excluding tert-OH is 1. The molecule has 1 saturated heterocycles. The number of benzene rings is 2. The molecule has 0 saturated carbocycles. The summed E-state index contributed by atoms with van der Waals surface area (Å²) in [5.74, 6) is -0.256. The third kappa shape index (κ3) is 4.52. The minimum Gasteiger partial charge on any atom is -0.507 e. The Kier molecular flexibility index (Phi) is 6.93. The van der Waals surface area contributed by atoms with Crippen LogP contribution < -0.4 is 9.47 Å². The number of hydrogen-bond donors (Lipinski definition) is 1. The van der Waals surface area contributed by atoms with E-state index < -0.39 is 17.7 Å². The molecule has 2 heterocycles. The average molecular weight is 482 g/mol. The first kappa shape index (κ1) is 23.4. The lowest BCUT2D eigenvalue weighted by Gasteiger charge is -2.25. The van der Waals surface area contributed by atoms with Crippen molar-refractivity contribution in [3.63, 3.8) is 0 Å². The molecule has 0 aliphatic carbocycles. The summed E-state index contributed by atoms with van der Waals surface area (Å²) in [6.07, 6.45) is 1.50. The number of hydrogen-bond acceptors (Lipinski definition) is 6. The van der Waals surface area contributed by atoms with E-state index in [0.29, 0.717) is 46.6 Å². The first-order valence-corrected chi connectivity index (χ1v) is 11.3. The van der Waals surface area contributed by atoms with Crippen molar-refractivity contribution in [2.24, 2.45) is 0 Å². The summed E-state index contributed by atoms with van der Waals surface area (Å²) in [4.78, 5) is 27.7. The Morgan fingerprint density at radius 3 is 2.38 bits per heavy atom. The summed E-state index contributed by atoms with van der Waals surface area (Å²) in [5, 5.41) is 11.6. The number of carbonyl (C=O) groups is 2. The zero-order valence-electron chi connectivity index (χ0n) is 18.8. The van der Waals surface area contributed by atoms with Gasteiger partial charge in [-0.25, -0.2) is 0 Å². The predicted octanol–water partition coefficient (Wildman–Crippen LogP) is 5.35. The summed E-state index contributed by atoms with van der Waals surface area (Å²) < 4.78 is 16.8. The van der Waals surface area contributed by atoms with Crippen LogP contribution in [-0.2, 0) is 16.1 Å². The van der Waals surface area contributed by atoms with E-state index in [4.69, 9.17) is 25.5 Å². The van der Waals surface area contributed by atoms with Gasteiger partial charge in [0.15, 0.2) is 11.5 Å². The highest BCUT2D eigenvalue weighted by atomic mass is 35.5. The smallest absolute Gasteiger partial charge is 0.296 e. The van der Waals surface area contributed by atoms with Crippen LogP contribution in [0.15, 0.2) is 70.9 Å². The largest absolute Gasteiger partial charge is 0.507 e. The number of likely N-dealkylation sites (tertiary alicyclic amines) is 1. The second-order valence-electron chi connectivity index (χ2n) is 7.59. The van der Waals surface area contributed by atoms with Gasteiger partial charge in [0.1, 0.15) is 11.5 Å². The molecule has 34 heavy (non-hydrogen) atoms. The van der Waals surface area contributed by atoms with Crippen LogP contribution in [0.5, 0.6) is 11.5 Å². The topological polar surface area (TPSA) is 89.2 Å². The fourth-order valence-corrected chi connectivity index (χ4v) is 4.09. The van der Waals surface area contributed by atoms with Crippen LogP contribution in [0.2, 0.25) is 5.02 Å². The van der Waals surface area contributed by atoms with Gasteiger partial charge in [-0.3, -0.25) is 9.59 Å². The lowest BCUT2D eigenvalue weighted by Crippen LogP contribution is -2.29. The quantitative estimate of drug-likeness (QED) is 0.265. The standard InChI is InChI=1S/C26H24ClNO6/c1-3-32-20-12-9-17(14-21(20)33-4-2)23-22(24(29)16-7-10-18(27)11-8-16)25(30)26(31)28(23)15-19-6-5-13-34-19/h5-14,23,29H,3-4,15H2,1-2H3. The zero-order valence-corrected chi connectivity index (χ0v) is 19.5. The summed E-state index contributed by atoms with van der Waals surface area (Å²) in [7, 11) is 0. The third-order valence-corrected chi connectivity index (χ3v) is 5.70. The van der Waals surface area contributed by atoms with E-state index in [0.717, 1.165) is 0 Å². The molecule has 0 spiro atoms. The summed E-state index contributed by atoms with van der Waals surface area (Å²) in [6, 6.07) is 14.2. The molecular weight excluding hydrogens is 458 g/mol. The number of nitrogens with zero attached hydrogens (tertiary/aromatic N) is 1. The molecule has 1 N–H and O–H groups in total. The Morgan fingerprint density at radius 1 is 1.03 bits per heavy atom. The van der Waals surface area contributed by atoms with Gasteiger partial charge in [0, 0.05) is 10.6 Å². The van der Waals surface area contributed by atoms with Crippen molar-refractivity contribution in [1.29, 1.82) is 0 Å². The summed E-state index contributed by atoms with van der Waals surface area (Å²) >= 11 is 5.98. The van der Waals surface area contributed by atoms with E-state index in [9.17, 15) is 14.7 Å². The molecule has 1 amide bonds. The van der Waals surface area contributed by atoms with E-state index >= 15 is 0 Å². The molecule has 4 rings (SSSR count). The van der Waals surface area contributed by atoms with Crippen molar-refractivity contribution < 1.29 is 28.6 Å². The normalized spacial score (nSPS) is 17.3. The van der Waals surface area contributed by atoms with Crippen molar-refractivity contribution in [3.05, 3.63) is 88.3 Å². The summed E-state index contributed by atoms with van der Waals surface area (Å²) in [5.41, 5.74) is 0.944. The highest BCUT2D eigenvalue weighted by Gasteiger charge is 2.46. The molecule has 2 aromatic carbocycles. The SMILES string of the molecule is CCOc1ccc(C2C(=C(O)c3ccc(Cl)cc3)C(=O)C(=O)N2Cc2ccco2)cc1OCC. The fraction of sp³-hybridized carbons (Fsp3) is 0.231. The number of furan rings is 1. The van der Waals surface area contributed by atoms with Crippen molar-refractivity contribution in [2.75, 3.05) is 13.2 Å². The van der Waals surface area contributed by atoms with E-state index in [1.54, 1.807) is 54.6 Å². The molecule has 0 bridgehead atoms. The fourth-order valence-electron chi connectivity index (χ4n) is 3.96. The molecule has 1 aliphatic heterocycles. The van der Waals surface area contributed by atoms with E-state index in [1.165, 1.54) is 11.2 Å². The van der Waals surface area contributed by atoms with Gasteiger partial charge >= 0.3 is 0 Å². The van der Waals surface area contributed by atoms with Crippen molar-refractivity contribution in [3.8, 4) is 11.5 Å². The van der Waals surface area contributed by atoms with Crippen LogP contribution in [0.4, 0.5) is 0 Å². The van der Waals surface area contributed by atoms with Gasteiger partial charge in [-0.15, -0.1) is 0 Å². The van der Waals surface area contributed by atoms with Gasteiger partial charge in [0.05, 0.1) is 37.6 Å². The maximum absolute atomic E-state index is 13.2. The van der Waals surface area contributed by atoms with E-state index in [1.807, 2.05) is 13.8 Å². The highest BCUT2D eigenvalue weighted by molar-refractivity contribution is 6.46. The number of ketones is 1. The van der Waals surface area contributed by atoms with Crippen LogP contribution in [0.25, 0.3) is 5.76 Å². The molecule has 1 fully saturated rings. The van der Waals surface area contributed by atoms with Crippen LogP contribution in [0.3, 0.4) is 0 Å². The van der Waals surface area contributed by atoms with Gasteiger partial charge < -0.3 is 23.9 Å². The number of ether oxygens (including phenoxy) is 2. The molecule has 176 valence electrons. The minimum absolute atomic E-state index is 0.0227. The van der Waals surface area contributed by atoms with Crippen LogP contribution in [0, 0.1) is 0 Å². The number of rotatable bonds is 8.